The van der Waals surface area contributed by atoms with Crippen LogP contribution in [0.3, 0.4) is 0 Å². The summed E-state index contributed by atoms with van der Waals surface area (Å²) >= 11 is 0. The van der Waals surface area contributed by atoms with Crippen molar-refractivity contribution in [1.82, 2.24) is 5.32 Å². The molecule has 6 heteroatoms. The summed E-state index contributed by atoms with van der Waals surface area (Å²) in [6, 6.07) is 0.156. The molecule has 2 unspecified atom stereocenters. The van der Waals surface area contributed by atoms with Gasteiger partial charge in [-0.05, 0) is 13.5 Å². The summed E-state index contributed by atoms with van der Waals surface area (Å²) in [4.78, 5) is 4.55. The second-order valence-corrected chi connectivity index (χ2v) is 2.98. The Bertz CT molecular complexity index is 145. The highest BCUT2D eigenvalue weighted by Crippen LogP contribution is 2.17. The number of hydrogen-bond donors (Lipinski definition) is 3. The molecule has 0 spiro atoms. The Labute approximate surface area is 76.3 Å². The molecule has 6 nitrogen and oxygen atoms in total. The molecule has 0 aromatic carbocycles. The summed E-state index contributed by atoms with van der Waals surface area (Å²) in [5.41, 5.74) is 0. The van der Waals surface area contributed by atoms with Gasteiger partial charge in [0.2, 0.25) is 0 Å². The van der Waals surface area contributed by atoms with Crippen LogP contribution in [0.25, 0.3) is 0 Å². The third-order valence-corrected chi connectivity index (χ3v) is 2.20. The van der Waals surface area contributed by atoms with E-state index in [1.165, 1.54) is 0 Å². The van der Waals surface area contributed by atoms with Gasteiger partial charge in [-0.2, -0.15) is 0 Å². The second-order valence-electron chi connectivity index (χ2n) is 2.98. The van der Waals surface area contributed by atoms with E-state index in [0.29, 0.717) is 13.0 Å². The molecule has 0 amide bonds. The van der Waals surface area contributed by atoms with E-state index in [4.69, 9.17) is 15.1 Å². The van der Waals surface area contributed by atoms with E-state index < -0.39 is 12.2 Å². The van der Waals surface area contributed by atoms with Crippen molar-refractivity contribution in [2.24, 2.45) is 0 Å². The second kappa shape index (κ2) is 5.48. The number of ether oxygens (including phenoxy) is 1. The Kier molecular flexibility index (Phi) is 4.57. The van der Waals surface area contributed by atoms with Gasteiger partial charge in [-0.1, -0.05) is 5.04 Å². The van der Waals surface area contributed by atoms with Crippen LogP contribution in [0.4, 0.5) is 0 Å². The molecule has 3 atom stereocenters. The normalized spacial score (nSPS) is 34.8. The summed E-state index contributed by atoms with van der Waals surface area (Å²) in [7, 11) is 1.81. The molecule has 0 radical (unpaired) electrons. The Morgan fingerprint density at radius 3 is 2.92 bits per heavy atom. The molecule has 0 aromatic rings. The van der Waals surface area contributed by atoms with Gasteiger partial charge in [0.25, 0.3) is 0 Å². The summed E-state index contributed by atoms with van der Waals surface area (Å²) in [6.07, 6.45) is -0.250. The molecular formula is C7H15NO5. The lowest BCUT2D eigenvalue weighted by atomic mass is 10.0. The lowest BCUT2D eigenvalue weighted by molar-refractivity contribution is -0.514. The van der Waals surface area contributed by atoms with Crippen molar-refractivity contribution < 1.29 is 25.0 Å². The average Bonchev–Trinajstić information content (AvgIpc) is 2.18. The number of hydrogen-bond acceptors (Lipinski definition) is 6. The van der Waals surface area contributed by atoms with Gasteiger partial charge in [0, 0.05) is 6.04 Å². The summed E-state index contributed by atoms with van der Waals surface area (Å²) < 4.78 is 5.27. The predicted molar refractivity (Wildman–Crippen MR) is 42.9 cm³/mol. The first-order chi connectivity index (χ1) is 6.31. The monoisotopic (exact) mass is 193 g/mol. The minimum absolute atomic E-state index is 0.148. The van der Waals surface area contributed by atoms with Crippen molar-refractivity contribution in [3.8, 4) is 0 Å². The van der Waals surface area contributed by atoms with E-state index in [-0.39, 0.29) is 12.6 Å². The van der Waals surface area contributed by atoms with Gasteiger partial charge in [0.05, 0.1) is 13.2 Å². The molecule has 1 aliphatic rings. The van der Waals surface area contributed by atoms with E-state index in [2.05, 4.69) is 15.2 Å². The van der Waals surface area contributed by atoms with Crippen molar-refractivity contribution in [2.75, 3.05) is 20.3 Å². The molecule has 1 rings (SSSR count). The van der Waals surface area contributed by atoms with E-state index >= 15 is 0 Å². The first kappa shape index (κ1) is 10.8. The topological polar surface area (TPSA) is 80.2 Å². The summed E-state index contributed by atoms with van der Waals surface area (Å²) in [5, 5.41) is 23.6. The molecule has 1 fully saturated rings. The maximum absolute atomic E-state index is 8.88. The van der Waals surface area contributed by atoms with Crippen LogP contribution in [0.15, 0.2) is 0 Å². The average molecular weight is 193 g/mol. The molecule has 1 saturated heterocycles. The van der Waals surface area contributed by atoms with Crippen LogP contribution in [-0.2, 0) is 14.7 Å². The molecule has 0 bridgehead atoms. The van der Waals surface area contributed by atoms with Gasteiger partial charge in [-0.15, -0.1) is 0 Å². The molecular weight excluding hydrogens is 178 g/mol. The van der Waals surface area contributed by atoms with Crippen molar-refractivity contribution >= 4 is 0 Å². The standard InChI is InChI=1S/C7H15NO5/c1-8-5-2-6(12-13-10)7(3-9)11-4-5/h5-10H,2-4H2,1H3/t5?,6-,7?/m1/s1. The van der Waals surface area contributed by atoms with Crippen LogP contribution in [0.1, 0.15) is 6.42 Å². The molecule has 0 aromatic heterocycles. The molecule has 1 aliphatic heterocycles. The van der Waals surface area contributed by atoms with E-state index in [1.807, 2.05) is 7.05 Å². The van der Waals surface area contributed by atoms with Crippen molar-refractivity contribution in [3.05, 3.63) is 0 Å². The van der Waals surface area contributed by atoms with E-state index in [1.54, 1.807) is 0 Å². The maximum atomic E-state index is 8.88. The van der Waals surface area contributed by atoms with Gasteiger partial charge >= 0.3 is 0 Å². The Hall–Kier alpha value is -0.240. The zero-order valence-electron chi connectivity index (χ0n) is 7.47. The highest BCUT2D eigenvalue weighted by Gasteiger charge is 2.32. The number of aliphatic hydroxyl groups is 1. The Balaban J connectivity index is 2.42. The fourth-order valence-corrected chi connectivity index (χ4v) is 1.38. The highest BCUT2D eigenvalue weighted by molar-refractivity contribution is 4.81. The summed E-state index contributed by atoms with van der Waals surface area (Å²) in [5.74, 6) is 0. The minimum atomic E-state index is -0.443. The van der Waals surface area contributed by atoms with E-state index in [9.17, 15) is 0 Å². The van der Waals surface area contributed by atoms with E-state index in [0.717, 1.165) is 0 Å². The Morgan fingerprint density at radius 2 is 2.38 bits per heavy atom. The molecule has 3 N–H and O–H groups in total. The zero-order chi connectivity index (χ0) is 9.68. The summed E-state index contributed by atoms with van der Waals surface area (Å²) in [6.45, 7) is 0.372. The van der Waals surface area contributed by atoms with Crippen LogP contribution in [0.5, 0.6) is 0 Å². The molecule has 1 heterocycles. The van der Waals surface area contributed by atoms with Crippen LogP contribution in [0, 0.1) is 0 Å². The minimum Gasteiger partial charge on any atom is -0.394 e. The molecule has 0 aliphatic carbocycles. The van der Waals surface area contributed by atoms with Crippen LogP contribution in [-0.4, -0.2) is 48.9 Å². The first-order valence-electron chi connectivity index (χ1n) is 4.18. The van der Waals surface area contributed by atoms with Crippen molar-refractivity contribution in [2.45, 2.75) is 24.7 Å². The Morgan fingerprint density at radius 1 is 1.62 bits per heavy atom. The van der Waals surface area contributed by atoms with Crippen LogP contribution in [0.2, 0.25) is 0 Å². The SMILES string of the molecule is CNC1COC(CO)[C@H](OOO)C1. The maximum Gasteiger partial charge on any atom is 0.126 e. The largest absolute Gasteiger partial charge is 0.394 e. The van der Waals surface area contributed by atoms with Gasteiger partial charge < -0.3 is 15.2 Å². The first-order valence-corrected chi connectivity index (χ1v) is 4.18. The van der Waals surface area contributed by atoms with Gasteiger partial charge in [0.15, 0.2) is 0 Å². The van der Waals surface area contributed by atoms with Crippen LogP contribution >= 0.6 is 0 Å². The van der Waals surface area contributed by atoms with Gasteiger partial charge in [0.1, 0.15) is 12.2 Å². The lowest BCUT2D eigenvalue weighted by Gasteiger charge is -2.33. The van der Waals surface area contributed by atoms with Crippen LogP contribution < -0.4 is 5.32 Å². The third kappa shape index (κ3) is 2.87. The third-order valence-electron chi connectivity index (χ3n) is 2.20. The van der Waals surface area contributed by atoms with Gasteiger partial charge in [-0.3, -0.25) is 0 Å². The molecule has 13 heavy (non-hydrogen) atoms. The highest BCUT2D eigenvalue weighted by atomic mass is 17.5. The predicted octanol–water partition coefficient (Wildman–Crippen LogP) is -0.855. The quantitative estimate of drug-likeness (QED) is 0.398. The molecule has 78 valence electrons. The number of aliphatic hydroxyl groups excluding tert-OH is 1. The number of rotatable bonds is 4. The fraction of sp³-hybridized carbons (Fsp3) is 1.00. The number of nitrogens with one attached hydrogen (secondary N) is 1. The smallest absolute Gasteiger partial charge is 0.126 e. The van der Waals surface area contributed by atoms with Crippen molar-refractivity contribution in [1.29, 1.82) is 0 Å². The number of likely N-dealkylation sites (N-methyl/N-ethyl adjacent to an activating group) is 1. The fourth-order valence-electron chi connectivity index (χ4n) is 1.38. The van der Waals surface area contributed by atoms with Gasteiger partial charge in [-0.25, -0.2) is 10.1 Å². The molecule has 0 saturated carbocycles. The zero-order valence-corrected chi connectivity index (χ0v) is 7.47. The van der Waals surface area contributed by atoms with Crippen molar-refractivity contribution in [3.63, 3.8) is 0 Å². The lowest BCUT2D eigenvalue weighted by Crippen LogP contribution is -2.48.